The molecule has 0 bridgehead atoms. The lowest BCUT2D eigenvalue weighted by molar-refractivity contribution is 0.306. The van der Waals surface area contributed by atoms with Gasteiger partial charge in [0.15, 0.2) is 0 Å². The van der Waals surface area contributed by atoms with E-state index in [0.717, 1.165) is 33.6 Å². The van der Waals surface area contributed by atoms with Crippen molar-refractivity contribution in [3.63, 3.8) is 0 Å². The van der Waals surface area contributed by atoms with E-state index in [9.17, 15) is 4.79 Å². The van der Waals surface area contributed by atoms with Gasteiger partial charge in [0.05, 0.1) is 16.7 Å². The normalized spacial score (nSPS) is 11.2. The highest BCUT2D eigenvalue weighted by molar-refractivity contribution is 5.84. The van der Waals surface area contributed by atoms with Crippen molar-refractivity contribution in [1.82, 2.24) is 9.97 Å². The number of aromatic amines is 2. The van der Waals surface area contributed by atoms with E-state index < -0.39 is 0 Å². The molecule has 26 heavy (non-hydrogen) atoms. The lowest BCUT2D eigenvalue weighted by atomic mass is 10.2. The van der Waals surface area contributed by atoms with E-state index in [0.29, 0.717) is 6.61 Å². The van der Waals surface area contributed by atoms with Gasteiger partial charge in [0.2, 0.25) is 0 Å². The second-order valence-corrected chi connectivity index (χ2v) is 5.91. The smallest absolute Gasteiger partial charge is 0.323 e. The zero-order valence-electron chi connectivity index (χ0n) is 14.0. The van der Waals surface area contributed by atoms with Crippen LogP contribution in [0.2, 0.25) is 0 Å². The van der Waals surface area contributed by atoms with E-state index in [-0.39, 0.29) is 5.69 Å². The maximum absolute atomic E-state index is 11.3. The van der Waals surface area contributed by atoms with Crippen LogP contribution in [-0.2, 0) is 6.61 Å². The number of nitrogens with zero attached hydrogens (tertiary/aromatic N) is 1. The van der Waals surface area contributed by atoms with Crippen LogP contribution in [0.15, 0.2) is 82.6 Å². The molecule has 0 spiro atoms. The first-order chi connectivity index (χ1) is 12.8. The van der Waals surface area contributed by atoms with Crippen molar-refractivity contribution >= 4 is 22.9 Å². The number of benzene rings is 3. The van der Waals surface area contributed by atoms with E-state index in [1.165, 1.54) is 0 Å². The number of hydrogen-bond donors (Lipinski definition) is 2. The molecule has 4 rings (SSSR count). The van der Waals surface area contributed by atoms with Crippen molar-refractivity contribution in [3.05, 3.63) is 94.4 Å². The highest BCUT2D eigenvalue weighted by atomic mass is 16.5. The minimum Gasteiger partial charge on any atom is -0.489 e. The van der Waals surface area contributed by atoms with Gasteiger partial charge in [-0.25, -0.2) is 4.79 Å². The Morgan fingerprint density at radius 1 is 0.885 bits per heavy atom. The number of nitrogens with one attached hydrogen (secondary N) is 2. The van der Waals surface area contributed by atoms with Crippen LogP contribution in [0.25, 0.3) is 11.0 Å². The van der Waals surface area contributed by atoms with Gasteiger partial charge in [0.1, 0.15) is 12.4 Å². The van der Waals surface area contributed by atoms with Gasteiger partial charge in [-0.2, -0.15) is 0 Å². The van der Waals surface area contributed by atoms with Crippen LogP contribution < -0.4 is 10.4 Å². The lowest BCUT2D eigenvalue weighted by Crippen LogP contribution is -1.99. The molecular formula is C21H17N3O2. The maximum atomic E-state index is 11.3. The number of H-pyrrole nitrogens is 2. The molecule has 1 aromatic heterocycles. The second-order valence-electron chi connectivity index (χ2n) is 5.91. The first-order valence-corrected chi connectivity index (χ1v) is 8.29. The van der Waals surface area contributed by atoms with E-state index in [2.05, 4.69) is 15.0 Å². The van der Waals surface area contributed by atoms with Gasteiger partial charge < -0.3 is 14.7 Å². The van der Waals surface area contributed by atoms with E-state index >= 15 is 0 Å². The molecule has 0 atom stereocenters. The molecule has 0 fully saturated rings. The predicted molar refractivity (Wildman–Crippen MR) is 103 cm³/mol. The molecule has 0 unspecified atom stereocenters. The molecule has 0 radical (unpaired) electrons. The Balaban J connectivity index is 1.42. The summed E-state index contributed by atoms with van der Waals surface area (Å²) in [4.78, 5) is 21.2. The maximum Gasteiger partial charge on any atom is 0.323 e. The van der Waals surface area contributed by atoms with Crippen LogP contribution >= 0.6 is 0 Å². The summed E-state index contributed by atoms with van der Waals surface area (Å²) in [6.45, 7) is 0.545. The summed E-state index contributed by atoms with van der Waals surface area (Å²) < 4.78 is 5.78. The van der Waals surface area contributed by atoms with E-state index in [4.69, 9.17) is 4.74 Å². The summed E-state index contributed by atoms with van der Waals surface area (Å²) in [6, 6.07) is 23.4. The molecule has 0 aliphatic rings. The van der Waals surface area contributed by atoms with Crippen molar-refractivity contribution in [2.45, 2.75) is 6.61 Å². The minimum absolute atomic E-state index is 0.216. The fourth-order valence-corrected chi connectivity index (χ4v) is 2.64. The third kappa shape index (κ3) is 3.72. The summed E-state index contributed by atoms with van der Waals surface area (Å²) in [5, 5.41) is 0. The van der Waals surface area contributed by atoms with Crippen molar-refractivity contribution in [2.24, 2.45) is 4.99 Å². The Bertz CT molecular complexity index is 1090. The van der Waals surface area contributed by atoms with Crippen molar-refractivity contribution in [1.29, 1.82) is 0 Å². The summed E-state index contributed by atoms with van der Waals surface area (Å²) in [5.41, 5.74) is 4.18. The third-order valence-electron chi connectivity index (χ3n) is 3.99. The van der Waals surface area contributed by atoms with Crippen LogP contribution in [0.4, 0.5) is 5.69 Å². The molecule has 0 aliphatic carbocycles. The standard InChI is InChI=1S/C21H17N3O2/c25-21-23-19-11-8-17(12-20(19)24-21)22-13-15-6-9-18(10-7-15)26-14-16-4-2-1-3-5-16/h1-13H,14H2,(H2,23,24,25). The monoisotopic (exact) mass is 343 g/mol. The van der Waals surface area contributed by atoms with Crippen LogP contribution in [0, 0.1) is 0 Å². The zero-order valence-corrected chi connectivity index (χ0v) is 14.0. The molecule has 0 aliphatic heterocycles. The number of hydrogen-bond acceptors (Lipinski definition) is 3. The van der Waals surface area contributed by atoms with Crippen LogP contribution in [0.5, 0.6) is 5.75 Å². The van der Waals surface area contributed by atoms with E-state index in [1.807, 2.05) is 72.8 Å². The van der Waals surface area contributed by atoms with Crippen LogP contribution in [-0.4, -0.2) is 16.2 Å². The van der Waals surface area contributed by atoms with Gasteiger partial charge in [-0.15, -0.1) is 0 Å². The molecule has 4 aromatic rings. The molecule has 0 saturated heterocycles. The number of imidazole rings is 1. The topological polar surface area (TPSA) is 70.2 Å². The summed E-state index contributed by atoms with van der Waals surface area (Å²) in [5.74, 6) is 0.817. The molecule has 0 saturated carbocycles. The predicted octanol–water partition coefficient (Wildman–Crippen LogP) is 4.19. The largest absolute Gasteiger partial charge is 0.489 e. The quantitative estimate of drug-likeness (QED) is 0.534. The SMILES string of the molecule is O=c1[nH]c2ccc(N=Cc3ccc(OCc4ccccc4)cc3)cc2[nH]1. The first-order valence-electron chi connectivity index (χ1n) is 8.29. The molecule has 0 amide bonds. The van der Waals surface area contributed by atoms with Gasteiger partial charge in [0.25, 0.3) is 0 Å². The highest BCUT2D eigenvalue weighted by Crippen LogP contribution is 2.18. The molecule has 2 N–H and O–H groups in total. The fraction of sp³-hybridized carbons (Fsp3) is 0.0476. The van der Waals surface area contributed by atoms with Crippen molar-refractivity contribution < 1.29 is 4.74 Å². The fourth-order valence-electron chi connectivity index (χ4n) is 2.64. The summed E-state index contributed by atoms with van der Waals surface area (Å²) in [6.07, 6.45) is 1.78. The van der Waals surface area contributed by atoms with Gasteiger partial charge >= 0.3 is 5.69 Å². The Hall–Kier alpha value is -3.60. The number of ether oxygens (including phenoxy) is 1. The van der Waals surface area contributed by atoms with Gasteiger partial charge in [0, 0.05) is 6.21 Å². The second kappa shape index (κ2) is 7.11. The molecule has 1 heterocycles. The van der Waals surface area contributed by atoms with Crippen LogP contribution in [0.1, 0.15) is 11.1 Å². The lowest BCUT2D eigenvalue weighted by Gasteiger charge is -2.06. The van der Waals surface area contributed by atoms with E-state index in [1.54, 1.807) is 6.21 Å². The molecule has 128 valence electrons. The first kappa shape index (κ1) is 15.9. The van der Waals surface area contributed by atoms with Crippen LogP contribution in [0.3, 0.4) is 0 Å². The minimum atomic E-state index is -0.216. The number of aromatic nitrogens is 2. The van der Waals surface area contributed by atoms with Gasteiger partial charge in [-0.1, -0.05) is 30.3 Å². The highest BCUT2D eigenvalue weighted by Gasteiger charge is 1.99. The number of fused-ring (bicyclic) bond motifs is 1. The molecule has 5 nitrogen and oxygen atoms in total. The Labute approximate surface area is 150 Å². The van der Waals surface area contributed by atoms with Crippen molar-refractivity contribution in [3.8, 4) is 5.75 Å². The molecule has 3 aromatic carbocycles. The van der Waals surface area contributed by atoms with Gasteiger partial charge in [-0.05, 0) is 53.6 Å². The Morgan fingerprint density at radius 2 is 1.65 bits per heavy atom. The summed E-state index contributed by atoms with van der Waals surface area (Å²) >= 11 is 0. The molecular weight excluding hydrogens is 326 g/mol. The number of aliphatic imine (C=N–C) groups is 1. The summed E-state index contributed by atoms with van der Waals surface area (Å²) in [7, 11) is 0. The third-order valence-corrected chi connectivity index (χ3v) is 3.99. The Kier molecular flexibility index (Phi) is 4.35. The molecule has 5 heteroatoms. The average Bonchev–Trinajstić information content (AvgIpc) is 3.05. The van der Waals surface area contributed by atoms with Gasteiger partial charge in [-0.3, -0.25) is 4.99 Å². The number of rotatable bonds is 5. The average molecular weight is 343 g/mol. The Morgan fingerprint density at radius 3 is 2.46 bits per heavy atom. The van der Waals surface area contributed by atoms with Crippen molar-refractivity contribution in [2.75, 3.05) is 0 Å². The zero-order chi connectivity index (χ0) is 17.8.